The molecule has 2 aromatic rings. The lowest BCUT2D eigenvalue weighted by Gasteiger charge is -2.13. The molecule has 0 aromatic heterocycles. The third-order valence-corrected chi connectivity index (χ3v) is 2.82. The lowest BCUT2D eigenvalue weighted by Crippen LogP contribution is -2.20. The first kappa shape index (κ1) is 14.8. The van der Waals surface area contributed by atoms with E-state index in [9.17, 15) is 13.6 Å². The Hall–Kier alpha value is -2.63. The molecular weight excluding hydrogens is 276 g/mol. The predicted molar refractivity (Wildman–Crippen MR) is 79.8 cm³/mol. The fourth-order valence-electron chi connectivity index (χ4n) is 1.72. The van der Waals surface area contributed by atoms with E-state index >= 15 is 0 Å². The number of amides is 2. The molecule has 0 saturated carbocycles. The molecule has 0 atom stereocenters. The van der Waals surface area contributed by atoms with Gasteiger partial charge in [0.1, 0.15) is 11.6 Å². The van der Waals surface area contributed by atoms with Gasteiger partial charge in [0.25, 0.3) is 0 Å². The monoisotopic (exact) mass is 291 g/mol. The maximum atomic E-state index is 13.4. The first-order valence-corrected chi connectivity index (χ1v) is 6.26. The highest BCUT2D eigenvalue weighted by atomic mass is 19.1. The predicted octanol–water partition coefficient (Wildman–Crippen LogP) is 3.67. The first-order chi connectivity index (χ1) is 9.95. The Morgan fingerprint density at radius 2 is 1.67 bits per heavy atom. The van der Waals surface area contributed by atoms with Crippen LogP contribution in [0.2, 0.25) is 0 Å². The van der Waals surface area contributed by atoms with Crippen LogP contribution in [-0.4, -0.2) is 20.1 Å². The van der Waals surface area contributed by atoms with Gasteiger partial charge in [-0.05, 0) is 36.4 Å². The third-order valence-electron chi connectivity index (χ3n) is 2.82. The SMILES string of the molecule is CN(C)c1ccc(NC(=O)Nc2ccc(F)cc2F)cc1. The van der Waals surface area contributed by atoms with Crippen molar-refractivity contribution in [3.8, 4) is 0 Å². The Bertz CT molecular complexity index is 642. The van der Waals surface area contributed by atoms with Crippen molar-refractivity contribution < 1.29 is 13.6 Å². The quantitative estimate of drug-likeness (QED) is 0.906. The standard InChI is InChI=1S/C15H15F2N3O/c1-20(2)12-6-4-11(5-7-12)18-15(21)19-14-8-3-10(16)9-13(14)17/h3-9H,1-2H3,(H2,18,19,21). The number of carbonyl (C=O) groups is 1. The highest BCUT2D eigenvalue weighted by Crippen LogP contribution is 2.17. The number of nitrogens with zero attached hydrogens (tertiary/aromatic N) is 1. The fraction of sp³-hybridized carbons (Fsp3) is 0.133. The highest BCUT2D eigenvalue weighted by Gasteiger charge is 2.08. The summed E-state index contributed by atoms with van der Waals surface area (Å²) in [7, 11) is 3.82. The van der Waals surface area contributed by atoms with Crippen LogP contribution in [0.3, 0.4) is 0 Å². The van der Waals surface area contributed by atoms with Gasteiger partial charge in [-0.25, -0.2) is 13.6 Å². The van der Waals surface area contributed by atoms with E-state index in [2.05, 4.69) is 10.6 Å². The van der Waals surface area contributed by atoms with Crippen molar-refractivity contribution in [3.05, 3.63) is 54.1 Å². The molecule has 0 aliphatic carbocycles. The summed E-state index contributed by atoms with van der Waals surface area (Å²) in [5.74, 6) is -1.52. The molecule has 0 bridgehead atoms. The zero-order valence-corrected chi connectivity index (χ0v) is 11.7. The van der Waals surface area contributed by atoms with E-state index < -0.39 is 17.7 Å². The van der Waals surface area contributed by atoms with Gasteiger partial charge in [-0.3, -0.25) is 0 Å². The summed E-state index contributed by atoms with van der Waals surface area (Å²) in [6.45, 7) is 0. The molecule has 0 aliphatic rings. The van der Waals surface area contributed by atoms with Gasteiger partial charge in [0.15, 0.2) is 0 Å². The number of halogens is 2. The molecule has 0 saturated heterocycles. The van der Waals surface area contributed by atoms with E-state index in [0.717, 1.165) is 11.8 Å². The summed E-state index contributed by atoms with van der Waals surface area (Å²) in [5.41, 5.74) is 1.48. The van der Waals surface area contributed by atoms with Crippen molar-refractivity contribution in [1.82, 2.24) is 0 Å². The second-order valence-corrected chi connectivity index (χ2v) is 4.64. The minimum atomic E-state index is -0.826. The van der Waals surface area contributed by atoms with Crippen LogP contribution in [-0.2, 0) is 0 Å². The van der Waals surface area contributed by atoms with Crippen molar-refractivity contribution >= 4 is 23.1 Å². The average molecular weight is 291 g/mol. The van der Waals surface area contributed by atoms with Gasteiger partial charge >= 0.3 is 6.03 Å². The van der Waals surface area contributed by atoms with E-state index in [1.807, 2.05) is 31.1 Å². The van der Waals surface area contributed by atoms with Crippen LogP contribution in [0.4, 0.5) is 30.6 Å². The number of benzene rings is 2. The molecule has 4 nitrogen and oxygen atoms in total. The molecule has 6 heteroatoms. The van der Waals surface area contributed by atoms with E-state index in [0.29, 0.717) is 11.8 Å². The summed E-state index contributed by atoms with van der Waals surface area (Å²) in [6.07, 6.45) is 0. The zero-order valence-electron chi connectivity index (χ0n) is 11.7. The van der Waals surface area contributed by atoms with Crippen LogP contribution in [0.1, 0.15) is 0 Å². The number of anilines is 3. The van der Waals surface area contributed by atoms with Crippen LogP contribution in [0.25, 0.3) is 0 Å². The Labute approximate surface area is 121 Å². The lowest BCUT2D eigenvalue weighted by atomic mass is 10.2. The third kappa shape index (κ3) is 3.92. The minimum absolute atomic E-state index is 0.0844. The molecule has 0 radical (unpaired) electrons. The number of nitrogens with one attached hydrogen (secondary N) is 2. The fourth-order valence-corrected chi connectivity index (χ4v) is 1.72. The van der Waals surface area contributed by atoms with Crippen molar-refractivity contribution in [2.45, 2.75) is 0 Å². The highest BCUT2D eigenvalue weighted by molar-refractivity contribution is 5.99. The van der Waals surface area contributed by atoms with Gasteiger partial charge in [-0.15, -0.1) is 0 Å². The molecular formula is C15H15F2N3O. The smallest absolute Gasteiger partial charge is 0.323 e. The van der Waals surface area contributed by atoms with Gasteiger partial charge in [0.05, 0.1) is 5.69 Å². The Morgan fingerprint density at radius 1 is 1.00 bits per heavy atom. The van der Waals surface area contributed by atoms with Crippen molar-refractivity contribution in [1.29, 1.82) is 0 Å². The van der Waals surface area contributed by atoms with Crippen molar-refractivity contribution in [3.63, 3.8) is 0 Å². The summed E-state index contributed by atoms with van der Waals surface area (Å²) in [6, 6.07) is 9.50. The van der Waals surface area contributed by atoms with E-state index in [1.54, 1.807) is 12.1 Å². The minimum Gasteiger partial charge on any atom is -0.378 e. The Morgan fingerprint density at radius 3 is 2.24 bits per heavy atom. The molecule has 0 fully saturated rings. The molecule has 0 spiro atoms. The largest absolute Gasteiger partial charge is 0.378 e. The molecule has 110 valence electrons. The maximum absolute atomic E-state index is 13.4. The molecule has 2 N–H and O–H groups in total. The second-order valence-electron chi connectivity index (χ2n) is 4.64. The van der Waals surface area contributed by atoms with Crippen LogP contribution in [0.15, 0.2) is 42.5 Å². The van der Waals surface area contributed by atoms with E-state index in [1.165, 1.54) is 6.07 Å². The van der Waals surface area contributed by atoms with E-state index in [-0.39, 0.29) is 5.69 Å². The molecule has 2 amide bonds. The molecule has 0 heterocycles. The van der Waals surface area contributed by atoms with Gasteiger partial charge in [0.2, 0.25) is 0 Å². The molecule has 2 rings (SSSR count). The van der Waals surface area contributed by atoms with Gasteiger partial charge in [-0.1, -0.05) is 0 Å². The van der Waals surface area contributed by atoms with Crippen molar-refractivity contribution in [2.24, 2.45) is 0 Å². The summed E-state index contributed by atoms with van der Waals surface area (Å²) in [5, 5.41) is 4.89. The van der Waals surface area contributed by atoms with Gasteiger partial charge in [-0.2, -0.15) is 0 Å². The molecule has 0 aliphatic heterocycles. The molecule has 2 aromatic carbocycles. The summed E-state index contributed by atoms with van der Waals surface area (Å²) >= 11 is 0. The average Bonchev–Trinajstić information content (AvgIpc) is 2.42. The molecule has 21 heavy (non-hydrogen) atoms. The van der Waals surface area contributed by atoms with Crippen LogP contribution in [0.5, 0.6) is 0 Å². The van der Waals surface area contributed by atoms with E-state index in [4.69, 9.17) is 0 Å². The van der Waals surface area contributed by atoms with Gasteiger partial charge < -0.3 is 15.5 Å². The number of rotatable bonds is 3. The summed E-state index contributed by atoms with van der Waals surface area (Å²) < 4.78 is 26.2. The topological polar surface area (TPSA) is 44.4 Å². The normalized spacial score (nSPS) is 10.1. The van der Waals surface area contributed by atoms with Crippen LogP contribution < -0.4 is 15.5 Å². The number of hydrogen-bond donors (Lipinski definition) is 2. The zero-order chi connectivity index (χ0) is 15.4. The number of hydrogen-bond acceptors (Lipinski definition) is 2. The summed E-state index contributed by atoms with van der Waals surface area (Å²) in [4.78, 5) is 13.7. The first-order valence-electron chi connectivity index (χ1n) is 6.26. The number of urea groups is 1. The molecule has 0 unspecified atom stereocenters. The van der Waals surface area contributed by atoms with Crippen LogP contribution in [0, 0.1) is 11.6 Å². The number of carbonyl (C=O) groups excluding carboxylic acids is 1. The van der Waals surface area contributed by atoms with Gasteiger partial charge in [0, 0.05) is 31.5 Å². The Balaban J connectivity index is 2.01. The van der Waals surface area contributed by atoms with Crippen LogP contribution >= 0.6 is 0 Å². The second kappa shape index (κ2) is 6.21. The Kier molecular flexibility index (Phi) is 4.37. The lowest BCUT2D eigenvalue weighted by molar-refractivity contribution is 0.262. The van der Waals surface area contributed by atoms with Crippen molar-refractivity contribution in [2.75, 3.05) is 29.6 Å². The maximum Gasteiger partial charge on any atom is 0.323 e.